The second kappa shape index (κ2) is 7.88. The van der Waals surface area contributed by atoms with Crippen molar-refractivity contribution in [3.05, 3.63) is 60.2 Å². The molecule has 0 aliphatic carbocycles. The number of hydrogen-bond acceptors (Lipinski definition) is 3. The quantitative estimate of drug-likeness (QED) is 0.826. The van der Waals surface area contributed by atoms with Gasteiger partial charge in [0.15, 0.2) is 0 Å². The molecule has 0 bridgehead atoms. The second-order valence-electron chi connectivity index (χ2n) is 4.52. The molecular formula is C18H19NO3. The van der Waals surface area contributed by atoms with E-state index in [1.807, 2.05) is 43.3 Å². The molecule has 0 fully saturated rings. The van der Waals surface area contributed by atoms with Crippen molar-refractivity contribution >= 4 is 17.7 Å². The van der Waals surface area contributed by atoms with Gasteiger partial charge in [-0.1, -0.05) is 18.2 Å². The highest BCUT2D eigenvalue weighted by Crippen LogP contribution is 2.19. The molecule has 2 rings (SSSR count). The molecule has 2 aromatic carbocycles. The van der Waals surface area contributed by atoms with Crippen LogP contribution in [0.5, 0.6) is 11.5 Å². The molecule has 0 radical (unpaired) electrons. The maximum atomic E-state index is 11.9. The number of para-hydroxylation sites is 1. The summed E-state index contributed by atoms with van der Waals surface area (Å²) in [5, 5.41) is 2.80. The third kappa shape index (κ3) is 4.38. The van der Waals surface area contributed by atoms with Crippen molar-refractivity contribution in [3.63, 3.8) is 0 Å². The standard InChI is InChI=1S/C18H19NO3/c1-3-22-16-11-9-15(10-12-16)19-18(20)13-8-14-6-4-5-7-17(14)21-2/h4-13H,3H2,1-2H3,(H,19,20). The second-order valence-corrected chi connectivity index (χ2v) is 4.52. The topological polar surface area (TPSA) is 47.6 Å². The van der Waals surface area contributed by atoms with E-state index in [9.17, 15) is 4.79 Å². The van der Waals surface area contributed by atoms with E-state index in [-0.39, 0.29) is 5.91 Å². The molecule has 4 heteroatoms. The molecule has 0 heterocycles. The fourth-order valence-electron chi connectivity index (χ4n) is 1.95. The molecule has 22 heavy (non-hydrogen) atoms. The molecule has 0 aliphatic rings. The monoisotopic (exact) mass is 297 g/mol. The molecule has 0 unspecified atom stereocenters. The molecule has 2 aromatic rings. The van der Waals surface area contributed by atoms with Crippen LogP contribution in [0, 0.1) is 0 Å². The van der Waals surface area contributed by atoms with Gasteiger partial charge in [-0.15, -0.1) is 0 Å². The molecule has 114 valence electrons. The Kier molecular flexibility index (Phi) is 5.60. The molecular weight excluding hydrogens is 278 g/mol. The van der Waals surface area contributed by atoms with E-state index in [0.717, 1.165) is 22.7 Å². The van der Waals surface area contributed by atoms with E-state index >= 15 is 0 Å². The van der Waals surface area contributed by atoms with Gasteiger partial charge < -0.3 is 14.8 Å². The maximum absolute atomic E-state index is 11.9. The number of hydrogen-bond donors (Lipinski definition) is 1. The first kappa shape index (κ1) is 15.6. The van der Waals surface area contributed by atoms with E-state index in [1.54, 1.807) is 25.3 Å². The fraction of sp³-hybridized carbons (Fsp3) is 0.167. The number of amides is 1. The first-order chi connectivity index (χ1) is 10.7. The Labute approximate surface area is 130 Å². The van der Waals surface area contributed by atoms with Gasteiger partial charge in [0.25, 0.3) is 0 Å². The van der Waals surface area contributed by atoms with Gasteiger partial charge in [-0.05, 0) is 43.3 Å². The summed E-state index contributed by atoms with van der Waals surface area (Å²) in [5.41, 5.74) is 1.57. The summed E-state index contributed by atoms with van der Waals surface area (Å²) in [5.74, 6) is 1.31. The highest BCUT2D eigenvalue weighted by atomic mass is 16.5. The van der Waals surface area contributed by atoms with E-state index in [4.69, 9.17) is 9.47 Å². The highest BCUT2D eigenvalue weighted by Gasteiger charge is 2.01. The van der Waals surface area contributed by atoms with Crippen molar-refractivity contribution in [3.8, 4) is 11.5 Å². The summed E-state index contributed by atoms with van der Waals surface area (Å²) < 4.78 is 10.6. The summed E-state index contributed by atoms with van der Waals surface area (Å²) in [7, 11) is 1.60. The number of methoxy groups -OCH3 is 1. The number of carbonyl (C=O) groups is 1. The average Bonchev–Trinajstić information content (AvgIpc) is 2.55. The third-order valence-electron chi connectivity index (χ3n) is 2.99. The molecule has 0 aromatic heterocycles. The maximum Gasteiger partial charge on any atom is 0.248 e. The molecule has 1 amide bonds. The van der Waals surface area contributed by atoms with Gasteiger partial charge in [-0.3, -0.25) is 4.79 Å². The Morgan fingerprint density at radius 2 is 1.86 bits per heavy atom. The van der Waals surface area contributed by atoms with Crippen molar-refractivity contribution in [2.24, 2.45) is 0 Å². The third-order valence-corrected chi connectivity index (χ3v) is 2.99. The minimum absolute atomic E-state index is 0.199. The SMILES string of the molecule is CCOc1ccc(NC(=O)C=Cc2ccccc2OC)cc1. The smallest absolute Gasteiger partial charge is 0.248 e. The lowest BCUT2D eigenvalue weighted by atomic mass is 10.2. The van der Waals surface area contributed by atoms with Crippen LogP contribution in [-0.4, -0.2) is 19.6 Å². The molecule has 0 spiro atoms. The van der Waals surface area contributed by atoms with Gasteiger partial charge in [0.1, 0.15) is 11.5 Å². The number of nitrogens with one attached hydrogen (secondary N) is 1. The molecule has 0 atom stereocenters. The summed E-state index contributed by atoms with van der Waals surface area (Å²) in [4.78, 5) is 11.9. The van der Waals surface area contributed by atoms with Gasteiger partial charge in [-0.25, -0.2) is 0 Å². The van der Waals surface area contributed by atoms with Crippen molar-refractivity contribution in [1.82, 2.24) is 0 Å². The van der Waals surface area contributed by atoms with Crippen LogP contribution in [0.15, 0.2) is 54.6 Å². The minimum Gasteiger partial charge on any atom is -0.496 e. The number of rotatable bonds is 6. The summed E-state index contributed by atoms with van der Waals surface area (Å²) >= 11 is 0. The largest absolute Gasteiger partial charge is 0.496 e. The summed E-state index contributed by atoms with van der Waals surface area (Å²) in [6, 6.07) is 14.8. The van der Waals surface area contributed by atoms with Gasteiger partial charge in [0, 0.05) is 17.3 Å². The first-order valence-corrected chi connectivity index (χ1v) is 7.08. The number of anilines is 1. The van der Waals surface area contributed by atoms with Crippen LogP contribution in [-0.2, 0) is 4.79 Å². The Bertz CT molecular complexity index is 648. The summed E-state index contributed by atoms with van der Waals surface area (Å²) in [6.07, 6.45) is 3.21. The zero-order chi connectivity index (χ0) is 15.8. The summed E-state index contributed by atoms with van der Waals surface area (Å²) in [6.45, 7) is 2.55. The van der Waals surface area contributed by atoms with Gasteiger partial charge in [0.2, 0.25) is 5.91 Å². The highest BCUT2D eigenvalue weighted by molar-refractivity contribution is 6.02. The minimum atomic E-state index is -0.199. The van der Waals surface area contributed by atoms with Crippen LogP contribution in [0.3, 0.4) is 0 Å². The van der Waals surface area contributed by atoms with Crippen molar-refractivity contribution in [1.29, 1.82) is 0 Å². The average molecular weight is 297 g/mol. The molecule has 0 saturated heterocycles. The number of ether oxygens (including phenoxy) is 2. The van der Waals surface area contributed by atoms with E-state index < -0.39 is 0 Å². The Balaban J connectivity index is 1.98. The number of benzene rings is 2. The van der Waals surface area contributed by atoms with Gasteiger partial charge >= 0.3 is 0 Å². The van der Waals surface area contributed by atoms with E-state index in [1.165, 1.54) is 6.08 Å². The lowest BCUT2D eigenvalue weighted by molar-refractivity contribution is -0.111. The predicted octanol–water partition coefficient (Wildman–Crippen LogP) is 3.75. The van der Waals surface area contributed by atoms with Gasteiger partial charge in [-0.2, -0.15) is 0 Å². The van der Waals surface area contributed by atoms with Crippen molar-refractivity contribution < 1.29 is 14.3 Å². The Hall–Kier alpha value is -2.75. The molecule has 1 N–H and O–H groups in total. The van der Waals surface area contributed by atoms with Crippen molar-refractivity contribution in [2.45, 2.75) is 6.92 Å². The van der Waals surface area contributed by atoms with Crippen LogP contribution in [0.2, 0.25) is 0 Å². The molecule has 0 aliphatic heterocycles. The lowest BCUT2D eigenvalue weighted by Crippen LogP contribution is -2.07. The number of carbonyl (C=O) groups excluding carboxylic acids is 1. The fourth-order valence-corrected chi connectivity index (χ4v) is 1.95. The molecule has 4 nitrogen and oxygen atoms in total. The first-order valence-electron chi connectivity index (χ1n) is 7.08. The lowest BCUT2D eigenvalue weighted by Gasteiger charge is -2.06. The normalized spacial score (nSPS) is 10.5. The predicted molar refractivity (Wildman–Crippen MR) is 88.3 cm³/mol. The van der Waals surface area contributed by atoms with E-state index in [0.29, 0.717) is 6.61 Å². The zero-order valence-electron chi connectivity index (χ0n) is 12.7. The Morgan fingerprint density at radius 3 is 2.55 bits per heavy atom. The zero-order valence-corrected chi connectivity index (χ0v) is 12.7. The van der Waals surface area contributed by atoms with Crippen LogP contribution in [0.25, 0.3) is 6.08 Å². The molecule has 0 saturated carbocycles. The van der Waals surface area contributed by atoms with Crippen LogP contribution < -0.4 is 14.8 Å². The van der Waals surface area contributed by atoms with Crippen molar-refractivity contribution in [2.75, 3.05) is 19.0 Å². The Morgan fingerprint density at radius 1 is 1.14 bits per heavy atom. The van der Waals surface area contributed by atoms with Crippen LogP contribution in [0.4, 0.5) is 5.69 Å². The van der Waals surface area contributed by atoms with Crippen LogP contribution in [0.1, 0.15) is 12.5 Å². The van der Waals surface area contributed by atoms with E-state index in [2.05, 4.69) is 5.32 Å². The van der Waals surface area contributed by atoms with Gasteiger partial charge in [0.05, 0.1) is 13.7 Å². The van der Waals surface area contributed by atoms with Crippen LogP contribution >= 0.6 is 0 Å².